The van der Waals surface area contributed by atoms with E-state index in [1.807, 2.05) is 0 Å². The van der Waals surface area contributed by atoms with Crippen LogP contribution in [0.2, 0.25) is 10.0 Å². The zero-order valence-corrected chi connectivity index (χ0v) is 9.79. The van der Waals surface area contributed by atoms with Crippen LogP contribution in [0.15, 0.2) is 12.3 Å². The van der Waals surface area contributed by atoms with Crippen LogP contribution in [0.4, 0.5) is 19.0 Å². The van der Waals surface area contributed by atoms with Crippen molar-refractivity contribution < 1.29 is 13.2 Å². The van der Waals surface area contributed by atoms with Crippen LogP contribution in [-0.4, -0.2) is 17.2 Å². The molecule has 1 N–H and O–H groups in total. The lowest BCUT2D eigenvalue weighted by Gasteiger charge is -2.16. The van der Waals surface area contributed by atoms with Gasteiger partial charge in [-0.25, -0.2) is 4.98 Å². The molecular weight excluding hydrogens is 264 g/mol. The fourth-order valence-electron chi connectivity index (χ4n) is 1.15. The number of nitrogens with zero attached hydrogens (tertiary/aromatic N) is 1. The van der Waals surface area contributed by atoms with Gasteiger partial charge in [-0.15, -0.1) is 0 Å². The highest BCUT2D eigenvalue weighted by Gasteiger charge is 2.30. The number of hydrogen-bond acceptors (Lipinski definition) is 2. The van der Waals surface area contributed by atoms with Crippen molar-refractivity contribution in [2.45, 2.75) is 25.6 Å². The summed E-state index contributed by atoms with van der Waals surface area (Å²) in [7, 11) is 0. The standard InChI is InChI=1S/C9H9Cl2F3N2/c1-5(3-9(12,13)14)16-8-7(11)2-6(10)4-15-8/h2,4-5H,3H2,1H3,(H,15,16). The number of hydrogen-bond donors (Lipinski definition) is 1. The van der Waals surface area contributed by atoms with Crippen molar-refractivity contribution in [2.75, 3.05) is 5.32 Å². The Bertz CT molecular complexity index is 368. The smallest absolute Gasteiger partial charge is 0.366 e. The van der Waals surface area contributed by atoms with Gasteiger partial charge in [-0.05, 0) is 13.0 Å². The second kappa shape index (κ2) is 5.10. The number of alkyl halides is 3. The third kappa shape index (κ3) is 4.45. The summed E-state index contributed by atoms with van der Waals surface area (Å²) in [4.78, 5) is 3.81. The molecule has 1 rings (SSSR count). The molecule has 0 saturated heterocycles. The minimum Gasteiger partial charge on any atom is -0.366 e. The van der Waals surface area contributed by atoms with Crippen molar-refractivity contribution in [3.05, 3.63) is 22.3 Å². The maximum atomic E-state index is 12.1. The van der Waals surface area contributed by atoms with Gasteiger partial charge in [-0.1, -0.05) is 23.2 Å². The van der Waals surface area contributed by atoms with Crippen molar-refractivity contribution in [3.63, 3.8) is 0 Å². The molecule has 0 bridgehead atoms. The SMILES string of the molecule is CC(CC(F)(F)F)Nc1ncc(Cl)cc1Cl. The van der Waals surface area contributed by atoms with E-state index in [1.165, 1.54) is 19.2 Å². The average Bonchev–Trinajstić information content (AvgIpc) is 2.06. The quantitative estimate of drug-likeness (QED) is 0.895. The first-order valence-electron chi connectivity index (χ1n) is 4.42. The largest absolute Gasteiger partial charge is 0.391 e. The van der Waals surface area contributed by atoms with Crippen molar-refractivity contribution in [1.29, 1.82) is 0 Å². The molecule has 0 saturated carbocycles. The van der Waals surface area contributed by atoms with Gasteiger partial charge in [-0.2, -0.15) is 13.2 Å². The Balaban J connectivity index is 2.66. The van der Waals surface area contributed by atoms with Crippen molar-refractivity contribution in [2.24, 2.45) is 0 Å². The van der Waals surface area contributed by atoms with Gasteiger partial charge in [-0.3, -0.25) is 0 Å². The number of rotatable bonds is 3. The average molecular weight is 273 g/mol. The molecule has 1 unspecified atom stereocenters. The molecule has 0 fully saturated rings. The monoisotopic (exact) mass is 272 g/mol. The molecule has 7 heteroatoms. The molecule has 0 amide bonds. The van der Waals surface area contributed by atoms with Crippen LogP contribution < -0.4 is 5.32 Å². The molecule has 0 radical (unpaired) electrons. The topological polar surface area (TPSA) is 24.9 Å². The first-order valence-corrected chi connectivity index (χ1v) is 5.18. The van der Waals surface area contributed by atoms with Crippen LogP contribution in [0.5, 0.6) is 0 Å². The predicted octanol–water partition coefficient (Wildman–Crippen LogP) is 4.14. The summed E-state index contributed by atoms with van der Waals surface area (Å²) in [6, 6.07) is 0.616. The molecule has 1 heterocycles. The Morgan fingerprint density at radius 2 is 2.06 bits per heavy atom. The number of halogens is 5. The molecule has 90 valence electrons. The number of pyridine rings is 1. The third-order valence-electron chi connectivity index (χ3n) is 1.73. The summed E-state index contributed by atoms with van der Waals surface area (Å²) < 4.78 is 36.2. The molecule has 1 atom stereocenters. The second-order valence-electron chi connectivity index (χ2n) is 3.35. The van der Waals surface area contributed by atoms with Crippen LogP contribution >= 0.6 is 23.2 Å². The summed E-state index contributed by atoms with van der Waals surface area (Å²) in [6.45, 7) is 1.40. The molecule has 16 heavy (non-hydrogen) atoms. The van der Waals surface area contributed by atoms with Gasteiger partial charge in [0.05, 0.1) is 16.5 Å². The van der Waals surface area contributed by atoms with E-state index in [0.717, 1.165) is 0 Å². The molecule has 0 spiro atoms. The molecule has 1 aromatic rings. The third-order valence-corrected chi connectivity index (χ3v) is 2.22. The first kappa shape index (κ1) is 13.4. The zero-order chi connectivity index (χ0) is 12.3. The summed E-state index contributed by atoms with van der Waals surface area (Å²) >= 11 is 11.4. The Labute approximate surface area is 101 Å². The summed E-state index contributed by atoms with van der Waals surface area (Å²) in [5.41, 5.74) is 0. The highest BCUT2D eigenvalue weighted by Crippen LogP contribution is 2.26. The zero-order valence-electron chi connectivity index (χ0n) is 8.28. The van der Waals surface area contributed by atoms with Gasteiger partial charge in [0.25, 0.3) is 0 Å². The Kier molecular flexibility index (Phi) is 4.27. The van der Waals surface area contributed by atoms with Gasteiger partial charge in [0, 0.05) is 12.2 Å². The minimum absolute atomic E-state index is 0.196. The van der Waals surface area contributed by atoms with E-state index in [-0.39, 0.29) is 10.8 Å². The predicted molar refractivity (Wildman–Crippen MR) is 58.0 cm³/mol. The summed E-state index contributed by atoms with van der Waals surface area (Å²) in [5, 5.41) is 3.10. The van der Waals surface area contributed by atoms with Crippen LogP contribution in [0, 0.1) is 0 Å². The Morgan fingerprint density at radius 1 is 1.44 bits per heavy atom. The van der Waals surface area contributed by atoms with Crippen molar-refractivity contribution >= 4 is 29.0 Å². The van der Waals surface area contributed by atoms with Crippen LogP contribution in [-0.2, 0) is 0 Å². The lowest BCUT2D eigenvalue weighted by Crippen LogP contribution is -2.24. The van der Waals surface area contributed by atoms with E-state index < -0.39 is 18.6 Å². The van der Waals surface area contributed by atoms with Gasteiger partial charge in [0.15, 0.2) is 0 Å². The van der Waals surface area contributed by atoms with Crippen molar-refractivity contribution in [1.82, 2.24) is 4.98 Å². The highest BCUT2D eigenvalue weighted by molar-refractivity contribution is 6.35. The lowest BCUT2D eigenvalue weighted by atomic mass is 10.2. The summed E-state index contributed by atoms with van der Waals surface area (Å²) in [6.07, 6.45) is -3.85. The number of anilines is 1. The molecule has 1 aromatic heterocycles. The number of nitrogens with one attached hydrogen (secondary N) is 1. The molecule has 2 nitrogen and oxygen atoms in total. The lowest BCUT2D eigenvalue weighted by molar-refractivity contribution is -0.136. The van der Waals surface area contributed by atoms with E-state index in [1.54, 1.807) is 0 Å². The highest BCUT2D eigenvalue weighted by atomic mass is 35.5. The number of aromatic nitrogens is 1. The van der Waals surface area contributed by atoms with Crippen LogP contribution in [0.1, 0.15) is 13.3 Å². The van der Waals surface area contributed by atoms with Gasteiger partial charge in [0.1, 0.15) is 5.82 Å². The normalized spacial score (nSPS) is 13.6. The maximum absolute atomic E-state index is 12.1. The van der Waals surface area contributed by atoms with Crippen LogP contribution in [0.25, 0.3) is 0 Å². The molecule has 0 aromatic carbocycles. The molecule has 0 aliphatic rings. The fraction of sp³-hybridized carbons (Fsp3) is 0.444. The second-order valence-corrected chi connectivity index (χ2v) is 4.19. The van der Waals surface area contributed by atoms with Gasteiger partial charge in [0.2, 0.25) is 0 Å². The first-order chi connectivity index (χ1) is 7.28. The Morgan fingerprint density at radius 3 is 2.56 bits per heavy atom. The minimum atomic E-state index is -4.22. The van der Waals surface area contributed by atoms with E-state index in [2.05, 4.69) is 10.3 Å². The summed E-state index contributed by atoms with van der Waals surface area (Å²) in [5.74, 6) is 0.197. The van der Waals surface area contributed by atoms with Gasteiger partial charge < -0.3 is 5.32 Å². The van der Waals surface area contributed by atoms with E-state index in [0.29, 0.717) is 5.02 Å². The molecule has 0 aliphatic heterocycles. The molecule has 0 aliphatic carbocycles. The van der Waals surface area contributed by atoms with Crippen molar-refractivity contribution in [3.8, 4) is 0 Å². The van der Waals surface area contributed by atoms with E-state index in [9.17, 15) is 13.2 Å². The molecular formula is C9H9Cl2F3N2. The van der Waals surface area contributed by atoms with E-state index >= 15 is 0 Å². The van der Waals surface area contributed by atoms with Crippen LogP contribution in [0.3, 0.4) is 0 Å². The van der Waals surface area contributed by atoms with Gasteiger partial charge >= 0.3 is 6.18 Å². The fourth-order valence-corrected chi connectivity index (χ4v) is 1.59. The Hall–Kier alpha value is -0.680. The van der Waals surface area contributed by atoms with E-state index in [4.69, 9.17) is 23.2 Å². The maximum Gasteiger partial charge on any atom is 0.391 e.